The first kappa shape index (κ1) is 9.73. The van der Waals surface area contributed by atoms with Gasteiger partial charge in [-0.1, -0.05) is 12.2 Å². The van der Waals surface area contributed by atoms with Crippen LogP contribution >= 0.6 is 11.6 Å². The van der Waals surface area contributed by atoms with Gasteiger partial charge in [0.1, 0.15) is 0 Å². The molecule has 10 heavy (non-hydrogen) atoms. The Labute approximate surface area is 68.0 Å². The van der Waals surface area contributed by atoms with Crippen LogP contribution in [-0.2, 0) is 0 Å². The van der Waals surface area contributed by atoms with Gasteiger partial charge < -0.3 is 0 Å². The quantitative estimate of drug-likeness (QED) is 0.338. The fourth-order valence-corrected chi connectivity index (χ4v) is 0.841. The average molecular weight is 160 g/mol. The molecular weight excluding hydrogens is 146 g/mol. The number of nitrogens with zero attached hydrogens (tertiary/aromatic N) is 1. The SMILES string of the molecule is C=CCC(Cl)N(C)CC=C. The van der Waals surface area contributed by atoms with Crippen LogP contribution in [-0.4, -0.2) is 24.0 Å². The van der Waals surface area contributed by atoms with Gasteiger partial charge in [-0.15, -0.1) is 24.8 Å². The molecule has 1 atom stereocenters. The maximum atomic E-state index is 5.92. The van der Waals surface area contributed by atoms with E-state index in [-0.39, 0.29) is 5.50 Å². The lowest BCUT2D eigenvalue weighted by atomic mass is 10.4. The Morgan fingerprint density at radius 3 is 2.50 bits per heavy atom. The molecule has 0 saturated heterocycles. The van der Waals surface area contributed by atoms with Gasteiger partial charge in [0, 0.05) is 6.54 Å². The Morgan fingerprint density at radius 2 is 2.10 bits per heavy atom. The van der Waals surface area contributed by atoms with E-state index in [0.717, 1.165) is 13.0 Å². The van der Waals surface area contributed by atoms with Crippen LogP contribution in [0, 0.1) is 0 Å². The van der Waals surface area contributed by atoms with E-state index in [0.29, 0.717) is 0 Å². The molecule has 0 radical (unpaired) electrons. The van der Waals surface area contributed by atoms with E-state index in [1.165, 1.54) is 0 Å². The van der Waals surface area contributed by atoms with E-state index >= 15 is 0 Å². The number of hydrogen-bond acceptors (Lipinski definition) is 1. The minimum absolute atomic E-state index is 0.0514. The van der Waals surface area contributed by atoms with Crippen LogP contribution in [0.25, 0.3) is 0 Å². The van der Waals surface area contributed by atoms with Crippen LogP contribution in [0.4, 0.5) is 0 Å². The first-order valence-corrected chi connectivity index (χ1v) is 3.72. The number of hydrogen-bond donors (Lipinski definition) is 0. The average Bonchev–Trinajstić information content (AvgIpc) is 1.89. The van der Waals surface area contributed by atoms with Crippen LogP contribution < -0.4 is 0 Å². The first-order chi connectivity index (χ1) is 4.72. The zero-order valence-electron chi connectivity index (χ0n) is 6.39. The smallest absolute Gasteiger partial charge is 0.0885 e. The van der Waals surface area contributed by atoms with Gasteiger partial charge in [0.15, 0.2) is 0 Å². The van der Waals surface area contributed by atoms with Gasteiger partial charge in [-0.05, 0) is 13.5 Å². The molecule has 0 N–H and O–H groups in total. The Bertz CT molecular complexity index is 97.8. The Morgan fingerprint density at radius 1 is 1.50 bits per heavy atom. The van der Waals surface area contributed by atoms with Gasteiger partial charge in [0.05, 0.1) is 5.50 Å². The monoisotopic (exact) mass is 159 g/mol. The summed E-state index contributed by atoms with van der Waals surface area (Å²) in [6.45, 7) is 8.04. The molecule has 0 aromatic rings. The highest BCUT2D eigenvalue weighted by atomic mass is 35.5. The molecule has 0 heterocycles. The van der Waals surface area contributed by atoms with Crippen LogP contribution in [0.1, 0.15) is 6.42 Å². The molecular formula is C8H14ClN. The van der Waals surface area contributed by atoms with Crippen LogP contribution in [0.3, 0.4) is 0 Å². The fraction of sp³-hybridized carbons (Fsp3) is 0.500. The van der Waals surface area contributed by atoms with Crippen molar-refractivity contribution in [1.29, 1.82) is 0 Å². The predicted molar refractivity (Wildman–Crippen MR) is 47.3 cm³/mol. The zero-order chi connectivity index (χ0) is 7.98. The predicted octanol–water partition coefficient (Wildman–Crippen LogP) is 2.25. The van der Waals surface area contributed by atoms with Crippen LogP contribution in [0.15, 0.2) is 25.3 Å². The minimum atomic E-state index is 0.0514. The van der Waals surface area contributed by atoms with E-state index in [9.17, 15) is 0 Å². The normalized spacial score (nSPS) is 13.1. The number of halogens is 1. The lowest BCUT2D eigenvalue weighted by Gasteiger charge is -2.19. The summed E-state index contributed by atoms with van der Waals surface area (Å²) in [5.41, 5.74) is 0.0514. The summed E-state index contributed by atoms with van der Waals surface area (Å²) in [4.78, 5) is 2.01. The van der Waals surface area contributed by atoms with Crippen molar-refractivity contribution in [2.45, 2.75) is 11.9 Å². The maximum absolute atomic E-state index is 5.92. The van der Waals surface area contributed by atoms with Crippen LogP contribution in [0.2, 0.25) is 0 Å². The molecule has 0 spiro atoms. The molecule has 0 aliphatic carbocycles. The van der Waals surface area contributed by atoms with Gasteiger partial charge in [-0.3, -0.25) is 4.90 Å². The largest absolute Gasteiger partial charge is 0.287 e. The van der Waals surface area contributed by atoms with E-state index < -0.39 is 0 Å². The second-order valence-electron chi connectivity index (χ2n) is 2.19. The molecule has 0 bridgehead atoms. The van der Waals surface area contributed by atoms with E-state index in [1.54, 1.807) is 0 Å². The third-order valence-corrected chi connectivity index (χ3v) is 1.77. The maximum Gasteiger partial charge on any atom is 0.0885 e. The van der Waals surface area contributed by atoms with E-state index in [2.05, 4.69) is 13.2 Å². The van der Waals surface area contributed by atoms with Gasteiger partial charge in [0.25, 0.3) is 0 Å². The number of alkyl halides is 1. The topological polar surface area (TPSA) is 3.24 Å². The van der Waals surface area contributed by atoms with Crippen LogP contribution in [0.5, 0.6) is 0 Å². The Balaban J connectivity index is 3.56. The van der Waals surface area contributed by atoms with Crippen molar-refractivity contribution >= 4 is 11.6 Å². The molecule has 0 amide bonds. The number of likely N-dealkylation sites (N-methyl/N-ethyl adjacent to an activating group) is 1. The third kappa shape index (κ3) is 3.70. The Kier molecular flexibility index (Phi) is 5.36. The lowest BCUT2D eigenvalue weighted by Crippen LogP contribution is -2.26. The van der Waals surface area contributed by atoms with Gasteiger partial charge in [0.2, 0.25) is 0 Å². The molecule has 0 aromatic heterocycles. The second kappa shape index (κ2) is 5.51. The summed E-state index contributed by atoms with van der Waals surface area (Å²) in [5, 5.41) is 0. The molecule has 2 heteroatoms. The van der Waals surface area contributed by atoms with Crippen molar-refractivity contribution in [1.82, 2.24) is 4.90 Å². The Hall–Kier alpha value is -0.270. The summed E-state index contributed by atoms with van der Waals surface area (Å²) in [6.07, 6.45) is 4.46. The van der Waals surface area contributed by atoms with Gasteiger partial charge in [-0.2, -0.15) is 0 Å². The van der Waals surface area contributed by atoms with Crippen molar-refractivity contribution in [3.8, 4) is 0 Å². The van der Waals surface area contributed by atoms with Crippen molar-refractivity contribution in [2.75, 3.05) is 13.6 Å². The minimum Gasteiger partial charge on any atom is -0.287 e. The summed E-state index contributed by atoms with van der Waals surface area (Å²) < 4.78 is 0. The van der Waals surface area contributed by atoms with Crippen molar-refractivity contribution < 1.29 is 0 Å². The summed E-state index contributed by atoms with van der Waals surface area (Å²) in [6, 6.07) is 0. The molecule has 0 aliphatic rings. The highest BCUT2D eigenvalue weighted by Gasteiger charge is 2.05. The lowest BCUT2D eigenvalue weighted by molar-refractivity contribution is 0.343. The highest BCUT2D eigenvalue weighted by molar-refractivity contribution is 6.20. The van der Waals surface area contributed by atoms with E-state index in [4.69, 9.17) is 11.6 Å². The molecule has 0 saturated carbocycles. The molecule has 0 aromatic carbocycles. The number of rotatable bonds is 5. The van der Waals surface area contributed by atoms with E-state index in [1.807, 2.05) is 24.1 Å². The summed E-state index contributed by atoms with van der Waals surface area (Å²) in [7, 11) is 1.96. The molecule has 0 fully saturated rings. The highest BCUT2D eigenvalue weighted by Crippen LogP contribution is 2.06. The van der Waals surface area contributed by atoms with Crippen molar-refractivity contribution in [2.24, 2.45) is 0 Å². The summed E-state index contributed by atoms with van der Waals surface area (Å²) >= 11 is 5.92. The van der Waals surface area contributed by atoms with Gasteiger partial charge in [-0.25, -0.2) is 0 Å². The summed E-state index contributed by atoms with van der Waals surface area (Å²) in [5.74, 6) is 0. The molecule has 0 aliphatic heterocycles. The molecule has 58 valence electrons. The first-order valence-electron chi connectivity index (χ1n) is 3.28. The molecule has 1 nitrogen and oxygen atoms in total. The third-order valence-electron chi connectivity index (χ3n) is 1.26. The molecule has 1 unspecified atom stereocenters. The van der Waals surface area contributed by atoms with Crippen molar-refractivity contribution in [3.05, 3.63) is 25.3 Å². The van der Waals surface area contributed by atoms with Gasteiger partial charge >= 0.3 is 0 Å². The molecule has 0 rings (SSSR count). The van der Waals surface area contributed by atoms with Crippen molar-refractivity contribution in [3.63, 3.8) is 0 Å². The second-order valence-corrected chi connectivity index (χ2v) is 2.69. The fourth-order valence-electron chi connectivity index (χ4n) is 0.635. The standard InChI is InChI=1S/C8H14ClN/c1-4-6-8(9)10(3)7-5-2/h4-5,8H,1-2,6-7H2,3H3. The zero-order valence-corrected chi connectivity index (χ0v) is 7.14.